The average Bonchev–Trinajstić information content (AvgIpc) is 2.69. The lowest BCUT2D eigenvalue weighted by Gasteiger charge is -2.13. The highest BCUT2D eigenvalue weighted by Crippen LogP contribution is 2.24. The van der Waals surface area contributed by atoms with E-state index in [1.165, 1.54) is 11.6 Å². The van der Waals surface area contributed by atoms with Gasteiger partial charge in [-0.25, -0.2) is 13.4 Å². The van der Waals surface area contributed by atoms with Gasteiger partial charge in [-0.2, -0.15) is 0 Å². The first-order valence-corrected chi connectivity index (χ1v) is 10.4. The van der Waals surface area contributed by atoms with Crippen LogP contribution < -0.4 is 14.8 Å². The summed E-state index contributed by atoms with van der Waals surface area (Å²) in [5.41, 5.74) is 3.59. The molecule has 0 atom stereocenters. The number of nitrogens with one attached hydrogen (secondary N) is 2. The van der Waals surface area contributed by atoms with Gasteiger partial charge in [0.2, 0.25) is 0 Å². The summed E-state index contributed by atoms with van der Waals surface area (Å²) in [4.78, 5) is 4.42. The largest absolute Gasteiger partial charge is 0.497 e. The number of hydrogen-bond acceptors (Lipinski definition) is 5. The van der Waals surface area contributed by atoms with Crippen LogP contribution in [0.1, 0.15) is 18.1 Å². The third-order valence-electron chi connectivity index (χ3n) is 4.35. The number of para-hydroxylation sites is 1. The number of aryl methyl sites for hydroxylation is 2. The minimum absolute atomic E-state index is 0.189. The van der Waals surface area contributed by atoms with Gasteiger partial charge in [0.25, 0.3) is 10.0 Å². The van der Waals surface area contributed by atoms with Crippen molar-refractivity contribution in [1.29, 1.82) is 0 Å². The number of nitrogens with zero attached hydrogens (tertiary/aromatic N) is 1. The van der Waals surface area contributed by atoms with E-state index in [1.807, 2.05) is 18.2 Å². The number of anilines is 3. The van der Waals surface area contributed by atoms with Gasteiger partial charge in [0.15, 0.2) is 0 Å². The van der Waals surface area contributed by atoms with Gasteiger partial charge in [-0.3, -0.25) is 4.72 Å². The second kappa shape index (κ2) is 8.31. The third kappa shape index (κ3) is 4.43. The minimum Gasteiger partial charge on any atom is -0.497 e. The molecule has 28 heavy (non-hydrogen) atoms. The smallest absolute Gasteiger partial charge is 0.263 e. The van der Waals surface area contributed by atoms with Crippen LogP contribution in [0.5, 0.6) is 5.75 Å². The maximum Gasteiger partial charge on any atom is 0.263 e. The van der Waals surface area contributed by atoms with Crippen molar-refractivity contribution in [1.82, 2.24) is 4.98 Å². The van der Waals surface area contributed by atoms with Gasteiger partial charge in [-0.1, -0.05) is 25.1 Å². The predicted octanol–water partition coefficient (Wildman–Crippen LogP) is 4.51. The third-order valence-corrected chi connectivity index (χ3v) is 5.87. The van der Waals surface area contributed by atoms with Gasteiger partial charge < -0.3 is 10.1 Å². The minimum atomic E-state index is -3.74. The van der Waals surface area contributed by atoms with Crippen LogP contribution in [0.3, 0.4) is 0 Å². The number of benzene rings is 2. The highest BCUT2D eigenvalue weighted by Gasteiger charge is 2.18. The molecule has 3 rings (SSSR count). The fourth-order valence-electron chi connectivity index (χ4n) is 2.88. The molecule has 0 unspecified atom stereocenters. The molecule has 0 saturated carbocycles. The van der Waals surface area contributed by atoms with Crippen molar-refractivity contribution in [2.45, 2.75) is 25.2 Å². The van der Waals surface area contributed by atoms with Crippen LogP contribution in [0.2, 0.25) is 0 Å². The Labute approximate surface area is 165 Å². The standard InChI is InChI=1S/C21H23N3O3S/c1-4-16-7-5-6-8-19(16)23-17-9-12-21(22-14-17)24-28(25,26)20-11-10-18(27-3)13-15(20)2/h5-14,23H,4H2,1-3H3,(H,22,24). The highest BCUT2D eigenvalue weighted by atomic mass is 32.2. The molecule has 0 spiro atoms. The van der Waals surface area contributed by atoms with E-state index in [9.17, 15) is 8.42 Å². The van der Waals surface area contributed by atoms with E-state index in [0.29, 0.717) is 11.3 Å². The molecule has 0 saturated heterocycles. The lowest BCUT2D eigenvalue weighted by molar-refractivity contribution is 0.414. The summed E-state index contributed by atoms with van der Waals surface area (Å²) < 4.78 is 33.0. The summed E-state index contributed by atoms with van der Waals surface area (Å²) in [5.74, 6) is 0.863. The van der Waals surface area contributed by atoms with Gasteiger partial charge in [-0.15, -0.1) is 0 Å². The van der Waals surface area contributed by atoms with Crippen molar-refractivity contribution in [3.05, 3.63) is 71.9 Å². The van der Waals surface area contributed by atoms with E-state index < -0.39 is 10.0 Å². The van der Waals surface area contributed by atoms with E-state index in [1.54, 1.807) is 44.5 Å². The summed E-state index contributed by atoms with van der Waals surface area (Å²) in [6.07, 6.45) is 2.51. The first-order chi connectivity index (χ1) is 13.4. The lowest BCUT2D eigenvalue weighted by atomic mass is 10.1. The molecule has 0 amide bonds. The molecule has 7 heteroatoms. The normalized spacial score (nSPS) is 11.1. The Balaban J connectivity index is 1.76. The van der Waals surface area contributed by atoms with Gasteiger partial charge in [0.1, 0.15) is 11.6 Å². The van der Waals surface area contributed by atoms with Crippen molar-refractivity contribution >= 4 is 27.2 Å². The summed E-state index contributed by atoms with van der Waals surface area (Å²) in [5, 5.41) is 3.31. The maximum absolute atomic E-state index is 12.7. The van der Waals surface area contributed by atoms with Crippen LogP contribution in [0.25, 0.3) is 0 Å². The SMILES string of the molecule is CCc1ccccc1Nc1ccc(NS(=O)(=O)c2ccc(OC)cc2C)nc1. The number of sulfonamides is 1. The van der Waals surface area contributed by atoms with Crippen LogP contribution in [0.15, 0.2) is 65.7 Å². The number of pyridine rings is 1. The first-order valence-electron chi connectivity index (χ1n) is 8.91. The first kappa shape index (κ1) is 19.7. The van der Waals surface area contributed by atoms with E-state index in [-0.39, 0.29) is 10.7 Å². The van der Waals surface area contributed by atoms with Crippen LogP contribution >= 0.6 is 0 Å². The van der Waals surface area contributed by atoms with Crippen molar-refractivity contribution in [3.63, 3.8) is 0 Å². The quantitative estimate of drug-likeness (QED) is 0.613. The molecule has 6 nitrogen and oxygen atoms in total. The average molecular weight is 398 g/mol. The Morgan fingerprint density at radius 3 is 2.50 bits per heavy atom. The van der Waals surface area contributed by atoms with E-state index in [0.717, 1.165) is 17.8 Å². The Morgan fingerprint density at radius 1 is 1.07 bits per heavy atom. The summed E-state index contributed by atoms with van der Waals surface area (Å²) >= 11 is 0. The van der Waals surface area contributed by atoms with Crippen LogP contribution in [0.4, 0.5) is 17.2 Å². The Hall–Kier alpha value is -3.06. The molecule has 0 aliphatic carbocycles. The zero-order valence-corrected chi connectivity index (χ0v) is 16.9. The van der Waals surface area contributed by atoms with Crippen molar-refractivity contribution < 1.29 is 13.2 Å². The summed E-state index contributed by atoms with van der Waals surface area (Å²) in [6, 6.07) is 16.3. The monoisotopic (exact) mass is 397 g/mol. The number of rotatable bonds is 7. The molecule has 1 heterocycles. The van der Waals surface area contributed by atoms with Crippen LogP contribution in [0, 0.1) is 6.92 Å². The Morgan fingerprint density at radius 2 is 1.86 bits per heavy atom. The number of methoxy groups -OCH3 is 1. The molecular formula is C21H23N3O3S. The number of hydrogen-bond donors (Lipinski definition) is 2. The van der Waals surface area contributed by atoms with E-state index in [4.69, 9.17) is 4.74 Å². The molecule has 2 aromatic carbocycles. The van der Waals surface area contributed by atoms with Gasteiger partial charge in [0.05, 0.1) is 23.9 Å². The van der Waals surface area contributed by atoms with E-state index in [2.05, 4.69) is 28.0 Å². The van der Waals surface area contributed by atoms with Crippen molar-refractivity contribution in [3.8, 4) is 5.75 Å². The molecule has 0 aliphatic rings. The van der Waals surface area contributed by atoms with Gasteiger partial charge in [0, 0.05) is 5.69 Å². The van der Waals surface area contributed by atoms with Gasteiger partial charge >= 0.3 is 0 Å². The molecule has 0 aliphatic heterocycles. The number of ether oxygens (including phenoxy) is 1. The van der Waals surface area contributed by atoms with E-state index >= 15 is 0 Å². The molecule has 3 aromatic rings. The predicted molar refractivity (Wildman–Crippen MR) is 112 cm³/mol. The van der Waals surface area contributed by atoms with Crippen molar-refractivity contribution in [2.24, 2.45) is 0 Å². The Kier molecular flexibility index (Phi) is 5.84. The summed E-state index contributed by atoms with van der Waals surface area (Å²) in [7, 11) is -2.20. The molecule has 0 bridgehead atoms. The van der Waals surface area contributed by atoms with Crippen LogP contribution in [-0.2, 0) is 16.4 Å². The lowest BCUT2D eigenvalue weighted by Crippen LogP contribution is -2.15. The fourth-order valence-corrected chi connectivity index (χ4v) is 4.11. The fraction of sp³-hybridized carbons (Fsp3) is 0.190. The zero-order chi connectivity index (χ0) is 20.1. The van der Waals surface area contributed by atoms with Crippen LogP contribution in [-0.4, -0.2) is 20.5 Å². The molecular weight excluding hydrogens is 374 g/mol. The molecule has 2 N–H and O–H groups in total. The highest BCUT2D eigenvalue weighted by molar-refractivity contribution is 7.92. The Bertz CT molecular complexity index is 1060. The van der Waals surface area contributed by atoms with Crippen molar-refractivity contribution in [2.75, 3.05) is 17.1 Å². The topological polar surface area (TPSA) is 80.3 Å². The second-order valence-electron chi connectivity index (χ2n) is 6.30. The zero-order valence-electron chi connectivity index (χ0n) is 16.1. The number of aromatic nitrogens is 1. The summed E-state index contributed by atoms with van der Waals surface area (Å²) in [6.45, 7) is 3.82. The molecule has 0 radical (unpaired) electrons. The maximum atomic E-state index is 12.7. The molecule has 0 fully saturated rings. The van der Waals surface area contributed by atoms with Gasteiger partial charge in [-0.05, 0) is 60.9 Å². The second-order valence-corrected chi connectivity index (χ2v) is 7.96. The molecule has 146 valence electrons. The molecule has 1 aromatic heterocycles.